The first-order valence-corrected chi connectivity index (χ1v) is 17.5. The second kappa shape index (κ2) is 10.1. The standard InChI is InChI=1S/C37H47NOSi/c1-12-17-39-35-29(37(8,9)10)21-25(6)22-31(35)40(13-2,14-3)36-32-26(7)18-24(5)20-28(32)34-33(36)27-19-23(4)15-16-30(27)38(34)11/h12,15-16,18-22,36H,1,13-14,17H2,2-11H3. The van der Waals surface area contributed by atoms with Gasteiger partial charge in [-0.15, -0.1) is 0 Å². The van der Waals surface area contributed by atoms with E-state index in [1.807, 2.05) is 6.08 Å². The monoisotopic (exact) mass is 549 g/mol. The maximum atomic E-state index is 6.72. The molecule has 2 nitrogen and oxygen atoms in total. The van der Waals surface area contributed by atoms with Gasteiger partial charge in [-0.05, 0) is 78.7 Å². The Hall–Kier alpha value is -3.04. The van der Waals surface area contributed by atoms with E-state index in [1.165, 1.54) is 55.2 Å². The van der Waals surface area contributed by atoms with Crippen LogP contribution >= 0.6 is 0 Å². The van der Waals surface area contributed by atoms with Crippen molar-refractivity contribution in [2.24, 2.45) is 7.05 Å². The highest BCUT2D eigenvalue weighted by atomic mass is 28.3. The van der Waals surface area contributed by atoms with Crippen LogP contribution in [0.1, 0.15) is 79.1 Å². The maximum absolute atomic E-state index is 6.72. The summed E-state index contributed by atoms with van der Waals surface area (Å²) in [7, 11) is 0.000525. The number of fused-ring (bicyclic) bond motifs is 5. The van der Waals surface area contributed by atoms with Gasteiger partial charge in [-0.2, -0.15) is 0 Å². The van der Waals surface area contributed by atoms with Crippen LogP contribution in [-0.4, -0.2) is 19.2 Å². The molecule has 0 spiro atoms. The van der Waals surface area contributed by atoms with E-state index < -0.39 is 8.07 Å². The number of rotatable bonds is 7. The Morgan fingerprint density at radius 2 is 1.57 bits per heavy atom. The number of hydrogen-bond acceptors (Lipinski definition) is 1. The van der Waals surface area contributed by atoms with Crippen LogP contribution in [0, 0.1) is 27.7 Å². The lowest BCUT2D eigenvalue weighted by Gasteiger charge is -2.40. The van der Waals surface area contributed by atoms with Gasteiger partial charge in [0, 0.05) is 29.1 Å². The third-order valence-electron chi connectivity index (χ3n) is 9.50. The molecule has 1 heterocycles. The molecule has 4 aromatic rings. The van der Waals surface area contributed by atoms with E-state index in [1.54, 1.807) is 11.1 Å². The summed E-state index contributed by atoms with van der Waals surface area (Å²) in [5, 5.41) is 2.91. The lowest BCUT2D eigenvalue weighted by Crippen LogP contribution is -2.53. The van der Waals surface area contributed by atoms with Crippen molar-refractivity contribution in [2.45, 2.75) is 85.4 Å². The van der Waals surface area contributed by atoms with Crippen LogP contribution in [0.5, 0.6) is 5.75 Å². The molecular weight excluding hydrogens is 502 g/mol. The minimum absolute atomic E-state index is 0.0266. The molecule has 3 aromatic carbocycles. The van der Waals surface area contributed by atoms with Crippen molar-refractivity contribution in [3.05, 3.63) is 94.1 Å². The highest BCUT2D eigenvalue weighted by Gasteiger charge is 2.50. The van der Waals surface area contributed by atoms with Gasteiger partial charge in [0.25, 0.3) is 0 Å². The van der Waals surface area contributed by atoms with Crippen LogP contribution < -0.4 is 9.92 Å². The smallest absolute Gasteiger partial charge is 0.122 e. The zero-order valence-corrected chi connectivity index (χ0v) is 27.4. The number of nitrogens with zero attached hydrogens (tertiary/aromatic N) is 1. The molecule has 1 aliphatic rings. The first-order valence-electron chi connectivity index (χ1n) is 15.0. The van der Waals surface area contributed by atoms with Gasteiger partial charge in [0.1, 0.15) is 20.4 Å². The van der Waals surface area contributed by atoms with Crippen LogP contribution in [0.4, 0.5) is 0 Å². The molecule has 0 bridgehead atoms. The fourth-order valence-electron chi connectivity index (χ4n) is 7.65. The quantitative estimate of drug-likeness (QED) is 0.165. The van der Waals surface area contributed by atoms with Gasteiger partial charge in [0.2, 0.25) is 0 Å². The van der Waals surface area contributed by atoms with E-state index in [4.69, 9.17) is 4.74 Å². The summed E-state index contributed by atoms with van der Waals surface area (Å²) in [6.07, 6.45) is 1.89. The van der Waals surface area contributed by atoms with Gasteiger partial charge in [0.05, 0.1) is 5.69 Å². The Bertz CT molecular complexity index is 1630. The largest absolute Gasteiger partial charge is 0.489 e. The summed E-state index contributed by atoms with van der Waals surface area (Å²) < 4.78 is 9.19. The molecule has 1 aliphatic carbocycles. The van der Waals surface area contributed by atoms with Gasteiger partial charge in [0.15, 0.2) is 0 Å². The predicted molar refractivity (Wildman–Crippen MR) is 176 cm³/mol. The number of ether oxygens (including phenoxy) is 1. The summed E-state index contributed by atoms with van der Waals surface area (Å²) in [5.41, 5.74) is 14.4. The number of aromatic nitrogens is 1. The second-order valence-corrected chi connectivity index (χ2v) is 18.1. The van der Waals surface area contributed by atoms with Gasteiger partial charge in [-0.3, -0.25) is 0 Å². The fraction of sp³-hybridized carbons (Fsp3) is 0.405. The molecule has 0 radical (unpaired) electrons. The molecule has 1 unspecified atom stereocenters. The van der Waals surface area contributed by atoms with Gasteiger partial charge in [-0.1, -0.05) is 100 Å². The van der Waals surface area contributed by atoms with E-state index in [0.29, 0.717) is 12.1 Å². The zero-order valence-electron chi connectivity index (χ0n) is 26.4. The summed E-state index contributed by atoms with van der Waals surface area (Å²) in [6, 6.07) is 19.0. The Morgan fingerprint density at radius 3 is 2.20 bits per heavy atom. The summed E-state index contributed by atoms with van der Waals surface area (Å²) in [4.78, 5) is 0. The summed E-state index contributed by atoms with van der Waals surface area (Å²) in [5.74, 6) is 1.12. The molecule has 0 saturated heterocycles. The molecule has 0 aliphatic heterocycles. The number of benzene rings is 3. The van der Waals surface area contributed by atoms with Crippen molar-refractivity contribution in [1.82, 2.24) is 4.57 Å². The molecule has 3 heteroatoms. The maximum Gasteiger partial charge on any atom is 0.122 e. The van der Waals surface area contributed by atoms with Crippen molar-refractivity contribution in [3.8, 4) is 17.0 Å². The Balaban J connectivity index is 1.95. The molecule has 0 saturated carbocycles. The average Bonchev–Trinajstić information content (AvgIpc) is 3.37. The average molecular weight is 550 g/mol. The first kappa shape index (κ1) is 28.5. The molecular formula is C37H47NOSi. The molecule has 5 rings (SSSR count). The third kappa shape index (κ3) is 4.20. The Morgan fingerprint density at radius 1 is 0.900 bits per heavy atom. The second-order valence-electron chi connectivity index (χ2n) is 13.2. The molecule has 0 N–H and O–H groups in total. The first-order chi connectivity index (χ1) is 18.9. The Kier molecular flexibility index (Phi) is 7.19. The number of hydrogen-bond donors (Lipinski definition) is 0. The molecule has 1 aromatic heterocycles. The topological polar surface area (TPSA) is 14.2 Å². The predicted octanol–water partition coefficient (Wildman–Crippen LogP) is 9.32. The minimum Gasteiger partial charge on any atom is -0.489 e. The number of aryl methyl sites for hydroxylation is 5. The van der Waals surface area contributed by atoms with E-state index >= 15 is 0 Å². The minimum atomic E-state index is -2.27. The van der Waals surface area contributed by atoms with Gasteiger partial charge >= 0.3 is 0 Å². The van der Waals surface area contributed by atoms with E-state index in [9.17, 15) is 0 Å². The van der Waals surface area contributed by atoms with Crippen LogP contribution in [0.2, 0.25) is 12.1 Å². The molecule has 0 fully saturated rings. The van der Waals surface area contributed by atoms with Crippen molar-refractivity contribution < 1.29 is 4.74 Å². The van der Waals surface area contributed by atoms with Crippen molar-refractivity contribution >= 4 is 24.2 Å². The highest BCUT2D eigenvalue weighted by molar-refractivity contribution is 6.94. The molecule has 210 valence electrons. The third-order valence-corrected chi connectivity index (χ3v) is 15.1. The highest BCUT2D eigenvalue weighted by Crippen LogP contribution is 2.56. The van der Waals surface area contributed by atoms with E-state index in [-0.39, 0.29) is 5.41 Å². The van der Waals surface area contributed by atoms with Crippen molar-refractivity contribution in [2.75, 3.05) is 6.61 Å². The van der Waals surface area contributed by atoms with E-state index in [0.717, 1.165) is 17.8 Å². The van der Waals surface area contributed by atoms with E-state index in [2.05, 4.69) is 123 Å². The van der Waals surface area contributed by atoms with Crippen LogP contribution in [0.15, 0.2) is 55.1 Å². The Labute approximate surface area is 243 Å². The van der Waals surface area contributed by atoms with Crippen molar-refractivity contribution in [3.63, 3.8) is 0 Å². The normalized spacial score (nSPS) is 14.9. The summed E-state index contributed by atoms with van der Waals surface area (Å²) in [6.45, 7) is 25.5. The van der Waals surface area contributed by atoms with Crippen LogP contribution in [0.3, 0.4) is 0 Å². The fourth-order valence-corrected chi connectivity index (χ4v) is 13.0. The molecule has 1 atom stereocenters. The lowest BCUT2D eigenvalue weighted by molar-refractivity contribution is 0.353. The van der Waals surface area contributed by atoms with Crippen molar-refractivity contribution in [1.29, 1.82) is 0 Å². The summed E-state index contributed by atoms with van der Waals surface area (Å²) >= 11 is 0. The van der Waals surface area contributed by atoms with Crippen LogP contribution in [-0.2, 0) is 12.5 Å². The van der Waals surface area contributed by atoms with Gasteiger partial charge in [-0.25, -0.2) is 0 Å². The molecule has 40 heavy (non-hydrogen) atoms. The zero-order chi connectivity index (χ0) is 29.1. The van der Waals surface area contributed by atoms with Gasteiger partial charge < -0.3 is 9.30 Å². The lowest BCUT2D eigenvalue weighted by atomic mass is 9.85. The SMILES string of the molecule is C=CCOc1c(C(C)(C)C)cc(C)cc1[Si](CC)(CC)C1c2c(C)cc(C)cc2-c2c1c1cc(C)ccc1n2C. The molecule has 0 amide bonds. The van der Waals surface area contributed by atoms with Crippen LogP contribution in [0.25, 0.3) is 22.2 Å².